The van der Waals surface area contributed by atoms with E-state index in [2.05, 4.69) is 0 Å². The average molecular weight is 244 g/mol. The van der Waals surface area contributed by atoms with Crippen LogP contribution in [0.4, 0.5) is 0 Å². The molecule has 0 spiro atoms. The van der Waals surface area contributed by atoms with Crippen molar-refractivity contribution in [2.45, 2.75) is 47.0 Å². The molecule has 0 aliphatic heterocycles. The topological polar surface area (TPSA) is 52.6 Å². The maximum absolute atomic E-state index is 11.5. The van der Waals surface area contributed by atoms with Gasteiger partial charge >= 0.3 is 11.9 Å². The van der Waals surface area contributed by atoms with Crippen LogP contribution in [0.3, 0.4) is 0 Å². The highest BCUT2D eigenvalue weighted by molar-refractivity contribution is 5.76. The zero-order valence-corrected chi connectivity index (χ0v) is 11.8. The van der Waals surface area contributed by atoms with Crippen LogP contribution in [0.25, 0.3) is 0 Å². The summed E-state index contributed by atoms with van der Waals surface area (Å²) in [6.07, 6.45) is 2.17. The average Bonchev–Trinajstić information content (AvgIpc) is 2.25. The van der Waals surface area contributed by atoms with Crippen molar-refractivity contribution in [3.05, 3.63) is 0 Å². The van der Waals surface area contributed by atoms with Crippen LogP contribution in [-0.4, -0.2) is 26.2 Å². The molecule has 100 valence electrons. The predicted octanol–water partition coefficient (Wildman–Crippen LogP) is 2.56. The van der Waals surface area contributed by atoms with Gasteiger partial charge in [-0.3, -0.25) is 9.59 Å². The van der Waals surface area contributed by atoms with Gasteiger partial charge in [0.15, 0.2) is 0 Å². The molecule has 4 nitrogen and oxygen atoms in total. The summed E-state index contributed by atoms with van der Waals surface area (Å²) in [7, 11) is 2.78. The molecule has 0 unspecified atom stereocenters. The smallest absolute Gasteiger partial charge is 0.311 e. The highest BCUT2D eigenvalue weighted by Gasteiger charge is 2.32. The van der Waals surface area contributed by atoms with Gasteiger partial charge in [-0.25, -0.2) is 0 Å². The van der Waals surface area contributed by atoms with E-state index in [1.807, 2.05) is 27.7 Å². The van der Waals surface area contributed by atoms with E-state index in [0.717, 1.165) is 6.42 Å². The second-order valence-corrected chi connectivity index (χ2v) is 5.60. The monoisotopic (exact) mass is 244 g/mol. The number of carbonyl (C=O) groups excluding carboxylic acids is 2. The van der Waals surface area contributed by atoms with Crippen LogP contribution in [0.15, 0.2) is 0 Å². The Balaban J connectivity index is 4.24. The molecule has 0 aromatic carbocycles. The normalized spacial score (nSPS) is 12.1. The summed E-state index contributed by atoms with van der Waals surface area (Å²) < 4.78 is 9.47. The Hall–Kier alpha value is -1.06. The zero-order valence-electron chi connectivity index (χ0n) is 11.8. The van der Waals surface area contributed by atoms with Crippen LogP contribution < -0.4 is 0 Å². The van der Waals surface area contributed by atoms with Crippen molar-refractivity contribution in [3.8, 4) is 0 Å². The molecule has 0 N–H and O–H groups in total. The Bertz CT molecular complexity index is 251. The SMILES string of the molecule is COC(=O)C(C)(C)CCCC(C)(C)C(=O)OC. The fraction of sp³-hybridized carbons (Fsp3) is 0.846. The van der Waals surface area contributed by atoms with Crippen LogP contribution >= 0.6 is 0 Å². The van der Waals surface area contributed by atoms with E-state index in [1.54, 1.807) is 0 Å². The molecule has 0 aromatic rings. The van der Waals surface area contributed by atoms with Crippen molar-refractivity contribution in [2.75, 3.05) is 14.2 Å². The summed E-state index contributed by atoms with van der Waals surface area (Å²) in [5.41, 5.74) is -0.998. The van der Waals surface area contributed by atoms with Gasteiger partial charge in [-0.05, 0) is 40.5 Å². The third-order valence-corrected chi connectivity index (χ3v) is 3.08. The number of rotatable bonds is 6. The van der Waals surface area contributed by atoms with Gasteiger partial charge < -0.3 is 9.47 Å². The Kier molecular flexibility index (Phi) is 5.66. The van der Waals surface area contributed by atoms with E-state index >= 15 is 0 Å². The molecular weight excluding hydrogens is 220 g/mol. The third kappa shape index (κ3) is 4.75. The molecule has 0 aliphatic rings. The first-order chi connectivity index (χ1) is 7.67. The van der Waals surface area contributed by atoms with Gasteiger partial charge in [-0.15, -0.1) is 0 Å². The van der Waals surface area contributed by atoms with E-state index in [9.17, 15) is 9.59 Å². The molecule has 0 radical (unpaired) electrons. The minimum absolute atomic E-state index is 0.214. The van der Waals surface area contributed by atoms with Gasteiger partial charge in [0.05, 0.1) is 25.0 Å². The summed E-state index contributed by atoms with van der Waals surface area (Å²) in [6, 6.07) is 0. The number of methoxy groups -OCH3 is 2. The van der Waals surface area contributed by atoms with Gasteiger partial charge in [-0.1, -0.05) is 6.42 Å². The van der Waals surface area contributed by atoms with Gasteiger partial charge in [0.2, 0.25) is 0 Å². The molecule has 0 saturated carbocycles. The standard InChI is InChI=1S/C13H24O4/c1-12(2,10(14)16-5)8-7-9-13(3,4)11(15)17-6/h7-9H2,1-6H3. The summed E-state index contributed by atoms with van der Waals surface area (Å²) in [5.74, 6) is -0.429. The van der Waals surface area contributed by atoms with Crippen molar-refractivity contribution >= 4 is 11.9 Å². The highest BCUT2D eigenvalue weighted by Crippen LogP contribution is 2.30. The molecular formula is C13H24O4. The molecule has 0 saturated heterocycles. The highest BCUT2D eigenvalue weighted by atomic mass is 16.5. The fourth-order valence-corrected chi connectivity index (χ4v) is 1.73. The zero-order chi connectivity index (χ0) is 13.7. The quantitative estimate of drug-likeness (QED) is 0.674. The van der Waals surface area contributed by atoms with Crippen molar-refractivity contribution in [1.29, 1.82) is 0 Å². The first-order valence-corrected chi connectivity index (χ1v) is 5.84. The van der Waals surface area contributed by atoms with E-state index in [-0.39, 0.29) is 11.9 Å². The van der Waals surface area contributed by atoms with Crippen molar-refractivity contribution < 1.29 is 19.1 Å². The van der Waals surface area contributed by atoms with Crippen LogP contribution in [0.2, 0.25) is 0 Å². The lowest BCUT2D eigenvalue weighted by Crippen LogP contribution is -2.28. The lowest BCUT2D eigenvalue weighted by molar-refractivity contribution is -0.152. The molecule has 0 rings (SSSR count). The van der Waals surface area contributed by atoms with Crippen LogP contribution in [0, 0.1) is 10.8 Å². The predicted molar refractivity (Wildman–Crippen MR) is 65.4 cm³/mol. The molecule has 0 heterocycles. The van der Waals surface area contributed by atoms with E-state index in [1.165, 1.54) is 14.2 Å². The van der Waals surface area contributed by atoms with Crippen LogP contribution in [0.1, 0.15) is 47.0 Å². The molecule has 0 aliphatic carbocycles. The largest absolute Gasteiger partial charge is 0.469 e. The first-order valence-electron chi connectivity index (χ1n) is 5.84. The van der Waals surface area contributed by atoms with Crippen LogP contribution in [0.5, 0.6) is 0 Å². The molecule has 17 heavy (non-hydrogen) atoms. The van der Waals surface area contributed by atoms with Crippen molar-refractivity contribution in [2.24, 2.45) is 10.8 Å². The minimum Gasteiger partial charge on any atom is -0.469 e. The maximum Gasteiger partial charge on any atom is 0.311 e. The fourth-order valence-electron chi connectivity index (χ4n) is 1.73. The number of esters is 2. The number of hydrogen-bond donors (Lipinski definition) is 0. The maximum atomic E-state index is 11.5. The molecule has 0 bridgehead atoms. The van der Waals surface area contributed by atoms with E-state index in [4.69, 9.17) is 9.47 Å². The molecule has 0 amide bonds. The van der Waals surface area contributed by atoms with Gasteiger partial charge in [0, 0.05) is 0 Å². The molecule has 0 fully saturated rings. The number of hydrogen-bond acceptors (Lipinski definition) is 4. The Morgan fingerprint density at radius 1 is 0.824 bits per heavy atom. The van der Waals surface area contributed by atoms with E-state index in [0.29, 0.717) is 12.8 Å². The van der Waals surface area contributed by atoms with Crippen LogP contribution in [-0.2, 0) is 19.1 Å². The second kappa shape index (κ2) is 6.03. The molecule has 0 atom stereocenters. The first kappa shape index (κ1) is 15.9. The summed E-state index contributed by atoms with van der Waals surface area (Å²) >= 11 is 0. The van der Waals surface area contributed by atoms with Gasteiger partial charge in [0.1, 0.15) is 0 Å². The number of ether oxygens (including phenoxy) is 2. The number of carbonyl (C=O) groups is 2. The third-order valence-electron chi connectivity index (χ3n) is 3.08. The minimum atomic E-state index is -0.499. The molecule has 4 heteroatoms. The lowest BCUT2D eigenvalue weighted by Gasteiger charge is -2.25. The van der Waals surface area contributed by atoms with Crippen molar-refractivity contribution in [1.82, 2.24) is 0 Å². The Labute approximate surface area is 104 Å². The van der Waals surface area contributed by atoms with Gasteiger partial charge in [0.25, 0.3) is 0 Å². The van der Waals surface area contributed by atoms with Gasteiger partial charge in [-0.2, -0.15) is 0 Å². The summed E-state index contributed by atoms with van der Waals surface area (Å²) in [5, 5.41) is 0. The van der Waals surface area contributed by atoms with Crippen molar-refractivity contribution in [3.63, 3.8) is 0 Å². The Morgan fingerprint density at radius 2 is 1.12 bits per heavy atom. The lowest BCUT2D eigenvalue weighted by atomic mass is 9.81. The molecule has 0 aromatic heterocycles. The summed E-state index contributed by atoms with van der Waals surface area (Å²) in [6.45, 7) is 7.40. The summed E-state index contributed by atoms with van der Waals surface area (Å²) in [4.78, 5) is 22.9. The van der Waals surface area contributed by atoms with E-state index < -0.39 is 10.8 Å². The Morgan fingerprint density at radius 3 is 1.35 bits per heavy atom. The second-order valence-electron chi connectivity index (χ2n) is 5.60.